The van der Waals surface area contributed by atoms with Gasteiger partial charge in [0.15, 0.2) is 5.82 Å². The molecule has 114 valence electrons. The Hall–Kier alpha value is -1.23. The molecule has 0 atom stereocenters. The second kappa shape index (κ2) is 7.69. The van der Waals surface area contributed by atoms with Gasteiger partial charge in [0.2, 0.25) is 0 Å². The highest BCUT2D eigenvalue weighted by atomic mass is 35.5. The summed E-state index contributed by atoms with van der Waals surface area (Å²) in [7, 11) is 4.07. The smallest absolute Gasteiger partial charge is 0.151 e. The van der Waals surface area contributed by atoms with Crippen LogP contribution in [0.1, 0.15) is 13.8 Å². The fourth-order valence-electron chi connectivity index (χ4n) is 2.34. The summed E-state index contributed by atoms with van der Waals surface area (Å²) in [4.78, 5) is 5.55. The summed E-state index contributed by atoms with van der Waals surface area (Å²) < 4.78 is 0. The third-order valence-electron chi connectivity index (χ3n) is 3.10. The monoisotopic (exact) mass is 323 g/mol. The largest absolute Gasteiger partial charge is 0.287 e. The molecule has 1 aromatic heterocycles. The van der Waals surface area contributed by atoms with Crippen LogP contribution in [-0.4, -0.2) is 30.1 Å². The average molecular weight is 324 g/mol. The molecular weight excluding hydrogens is 302 g/mol. The summed E-state index contributed by atoms with van der Waals surface area (Å²) in [6.07, 6.45) is 1.84. The number of nitrogens with zero attached hydrogens (tertiary/aromatic N) is 3. The molecule has 0 N–H and O–H groups in total. The molecular formula is C16H22ClN3S. The molecule has 0 aliphatic carbocycles. The van der Waals surface area contributed by atoms with Crippen LogP contribution in [0, 0.1) is 0 Å². The van der Waals surface area contributed by atoms with E-state index in [-0.39, 0.29) is 12.4 Å². The van der Waals surface area contributed by atoms with E-state index in [0.717, 1.165) is 21.8 Å². The molecule has 1 aromatic carbocycles. The van der Waals surface area contributed by atoms with Crippen LogP contribution in [0.15, 0.2) is 47.5 Å². The van der Waals surface area contributed by atoms with E-state index in [4.69, 9.17) is 0 Å². The second-order valence-corrected chi connectivity index (χ2v) is 5.72. The van der Waals surface area contributed by atoms with Gasteiger partial charge >= 0.3 is 0 Å². The molecule has 0 saturated heterocycles. The first-order chi connectivity index (χ1) is 9.50. The zero-order chi connectivity index (χ0) is 14.7. The first kappa shape index (κ1) is 17.8. The lowest BCUT2D eigenvalue weighted by Crippen LogP contribution is -2.43. The third-order valence-corrected chi connectivity index (χ3v) is 3.40. The molecule has 21 heavy (non-hydrogen) atoms. The van der Waals surface area contributed by atoms with E-state index in [2.05, 4.69) is 59.7 Å². The minimum absolute atomic E-state index is 0. The molecule has 3 nitrogen and oxygen atoms in total. The van der Waals surface area contributed by atoms with Gasteiger partial charge in [0, 0.05) is 36.8 Å². The van der Waals surface area contributed by atoms with Crippen LogP contribution in [0.2, 0.25) is 0 Å². The van der Waals surface area contributed by atoms with Crippen molar-refractivity contribution in [3.63, 3.8) is 0 Å². The number of thiol groups is 1. The Morgan fingerprint density at radius 2 is 1.67 bits per heavy atom. The Labute approximate surface area is 138 Å². The van der Waals surface area contributed by atoms with Gasteiger partial charge in [0.05, 0.1) is 0 Å². The molecule has 5 heteroatoms. The quantitative estimate of drug-likeness (QED) is 0.674. The van der Waals surface area contributed by atoms with Crippen molar-refractivity contribution in [2.45, 2.75) is 24.8 Å². The average Bonchev–Trinajstić information content (AvgIpc) is 2.39. The fraction of sp³-hybridized carbons (Fsp3) is 0.312. The summed E-state index contributed by atoms with van der Waals surface area (Å²) in [6, 6.07) is 12.6. The van der Waals surface area contributed by atoms with E-state index < -0.39 is 0 Å². The van der Waals surface area contributed by atoms with Crippen LogP contribution in [0.4, 0.5) is 5.82 Å². The molecule has 1 heterocycles. The van der Waals surface area contributed by atoms with Crippen LogP contribution in [-0.2, 0) is 0 Å². The summed E-state index contributed by atoms with van der Waals surface area (Å²) >= 11 is 4.34. The van der Waals surface area contributed by atoms with Crippen molar-refractivity contribution in [1.82, 2.24) is 9.99 Å². The van der Waals surface area contributed by atoms with Crippen molar-refractivity contribution in [2.24, 2.45) is 0 Å². The van der Waals surface area contributed by atoms with E-state index in [0.29, 0.717) is 6.04 Å². The summed E-state index contributed by atoms with van der Waals surface area (Å²) in [5.74, 6) is 0.972. The van der Waals surface area contributed by atoms with Gasteiger partial charge in [-0.05, 0) is 43.7 Å². The van der Waals surface area contributed by atoms with Gasteiger partial charge in [-0.2, -0.15) is 0 Å². The van der Waals surface area contributed by atoms with E-state index >= 15 is 0 Å². The van der Waals surface area contributed by atoms with Crippen molar-refractivity contribution in [2.75, 3.05) is 19.1 Å². The minimum Gasteiger partial charge on any atom is -0.287 e. The highest BCUT2D eigenvalue weighted by Crippen LogP contribution is 2.30. The maximum atomic E-state index is 4.59. The number of anilines is 1. The van der Waals surface area contributed by atoms with Gasteiger partial charge in [-0.15, -0.1) is 25.0 Å². The first-order valence-electron chi connectivity index (χ1n) is 6.71. The predicted octanol–water partition coefficient (Wildman–Crippen LogP) is 4.15. The number of benzene rings is 1. The van der Waals surface area contributed by atoms with Crippen molar-refractivity contribution < 1.29 is 0 Å². The molecule has 0 bridgehead atoms. The maximum Gasteiger partial charge on any atom is 0.151 e. The Morgan fingerprint density at radius 3 is 2.19 bits per heavy atom. The van der Waals surface area contributed by atoms with Crippen molar-refractivity contribution in [3.8, 4) is 11.1 Å². The molecule has 0 unspecified atom stereocenters. The molecule has 0 spiro atoms. The summed E-state index contributed by atoms with van der Waals surface area (Å²) in [5.41, 5.74) is 2.28. The number of pyridine rings is 1. The molecule has 2 aromatic rings. The number of hydrazine groups is 1. The van der Waals surface area contributed by atoms with Gasteiger partial charge < -0.3 is 0 Å². The lowest BCUT2D eigenvalue weighted by atomic mass is 10.1. The Morgan fingerprint density at radius 1 is 1.05 bits per heavy atom. The van der Waals surface area contributed by atoms with Crippen LogP contribution >= 0.6 is 25.0 Å². The second-order valence-electron chi connectivity index (χ2n) is 5.21. The summed E-state index contributed by atoms with van der Waals surface area (Å²) in [6.45, 7) is 4.32. The predicted molar refractivity (Wildman–Crippen MR) is 95.5 cm³/mol. The van der Waals surface area contributed by atoms with Crippen LogP contribution in [0.3, 0.4) is 0 Å². The highest BCUT2D eigenvalue weighted by molar-refractivity contribution is 7.80. The fourth-order valence-corrected chi connectivity index (χ4v) is 2.49. The number of hydrogen-bond donors (Lipinski definition) is 1. The topological polar surface area (TPSA) is 19.4 Å². The lowest BCUT2D eigenvalue weighted by Gasteiger charge is -2.35. The van der Waals surface area contributed by atoms with Crippen LogP contribution in [0.5, 0.6) is 0 Å². The van der Waals surface area contributed by atoms with Gasteiger partial charge in [-0.25, -0.2) is 9.99 Å². The SMILES string of the molecule is CC(C)N(c1ncccc1-c1ccc(S)cc1)N(C)C.Cl. The van der Waals surface area contributed by atoms with Gasteiger partial charge in [0.1, 0.15) is 0 Å². The van der Waals surface area contributed by atoms with Crippen LogP contribution < -0.4 is 5.01 Å². The molecule has 0 saturated carbocycles. The maximum absolute atomic E-state index is 4.59. The zero-order valence-electron chi connectivity index (χ0n) is 12.8. The molecule has 0 amide bonds. The van der Waals surface area contributed by atoms with E-state index in [1.54, 1.807) is 0 Å². The van der Waals surface area contributed by atoms with Gasteiger partial charge in [-0.3, -0.25) is 5.01 Å². The van der Waals surface area contributed by atoms with E-state index in [9.17, 15) is 0 Å². The molecule has 0 fully saturated rings. The number of hydrogen-bond acceptors (Lipinski definition) is 4. The molecule has 0 radical (unpaired) electrons. The number of aromatic nitrogens is 1. The molecule has 0 aliphatic heterocycles. The Balaban J connectivity index is 0.00000220. The minimum atomic E-state index is 0. The highest BCUT2D eigenvalue weighted by Gasteiger charge is 2.18. The summed E-state index contributed by atoms with van der Waals surface area (Å²) in [5, 5.41) is 4.26. The van der Waals surface area contributed by atoms with Crippen molar-refractivity contribution in [3.05, 3.63) is 42.6 Å². The normalized spacial score (nSPS) is 10.6. The number of rotatable bonds is 4. The Bertz CT molecular complexity index is 562. The standard InChI is InChI=1S/C16H21N3S.ClH/c1-12(2)19(18(3)4)16-15(6-5-11-17-16)13-7-9-14(20)10-8-13;/h5-12,20H,1-4H3;1H. The van der Waals surface area contributed by atoms with E-state index in [1.165, 1.54) is 0 Å². The number of halogens is 1. The van der Waals surface area contributed by atoms with Crippen LogP contribution in [0.25, 0.3) is 11.1 Å². The molecule has 2 rings (SSSR count). The van der Waals surface area contributed by atoms with Gasteiger partial charge in [-0.1, -0.05) is 12.1 Å². The lowest BCUT2D eigenvalue weighted by molar-refractivity contribution is 0.337. The molecule has 0 aliphatic rings. The van der Waals surface area contributed by atoms with Crippen molar-refractivity contribution in [1.29, 1.82) is 0 Å². The van der Waals surface area contributed by atoms with Crippen molar-refractivity contribution >= 4 is 30.9 Å². The third kappa shape index (κ3) is 4.13. The van der Waals surface area contributed by atoms with Gasteiger partial charge in [0.25, 0.3) is 0 Å². The Kier molecular flexibility index (Phi) is 6.52. The first-order valence-corrected chi connectivity index (χ1v) is 7.16. The zero-order valence-corrected chi connectivity index (χ0v) is 14.5. The van der Waals surface area contributed by atoms with E-state index in [1.807, 2.05) is 38.5 Å².